The molecule has 1 atom stereocenters. The van der Waals surface area contributed by atoms with E-state index in [-0.39, 0.29) is 17.3 Å². The molecule has 0 spiro atoms. The summed E-state index contributed by atoms with van der Waals surface area (Å²) < 4.78 is 38.4. The molecule has 1 aliphatic rings. The third kappa shape index (κ3) is 2.94. The molecule has 1 N–H and O–H groups in total. The standard InChI is InChI=1S/C13H17F3N2/c1-12(2)6-5-9(8-12)18-11-10(13(14,15)16)4-3-7-17-11/h3-4,7,9H,5-6,8H2,1-2H3,(H,17,18). The first-order valence-corrected chi connectivity index (χ1v) is 6.07. The molecule has 0 aromatic carbocycles. The van der Waals surface area contributed by atoms with Gasteiger partial charge in [0.1, 0.15) is 5.82 Å². The minimum absolute atomic E-state index is 0.0484. The van der Waals surface area contributed by atoms with Crippen molar-refractivity contribution in [1.29, 1.82) is 0 Å². The van der Waals surface area contributed by atoms with Crippen molar-refractivity contribution in [2.24, 2.45) is 5.41 Å². The lowest BCUT2D eigenvalue weighted by molar-refractivity contribution is -0.137. The van der Waals surface area contributed by atoms with Crippen molar-refractivity contribution >= 4 is 5.82 Å². The van der Waals surface area contributed by atoms with Crippen LogP contribution in [-0.2, 0) is 6.18 Å². The summed E-state index contributed by atoms with van der Waals surface area (Å²) >= 11 is 0. The molecule has 1 fully saturated rings. The maximum atomic E-state index is 12.8. The fourth-order valence-electron chi connectivity index (χ4n) is 2.50. The van der Waals surface area contributed by atoms with E-state index in [1.165, 1.54) is 12.3 Å². The second-order valence-electron chi connectivity index (χ2n) is 5.65. The molecule has 18 heavy (non-hydrogen) atoms. The van der Waals surface area contributed by atoms with Crippen molar-refractivity contribution in [1.82, 2.24) is 4.98 Å². The summed E-state index contributed by atoms with van der Waals surface area (Å²) in [7, 11) is 0. The summed E-state index contributed by atoms with van der Waals surface area (Å²) in [5, 5.41) is 2.94. The summed E-state index contributed by atoms with van der Waals surface area (Å²) in [6, 6.07) is 2.46. The van der Waals surface area contributed by atoms with Gasteiger partial charge in [-0.05, 0) is 36.8 Å². The van der Waals surface area contributed by atoms with Crippen LogP contribution in [0, 0.1) is 5.41 Å². The highest BCUT2D eigenvalue weighted by Crippen LogP contribution is 2.40. The Kier molecular flexibility index (Phi) is 3.25. The fourth-order valence-corrected chi connectivity index (χ4v) is 2.50. The van der Waals surface area contributed by atoms with Gasteiger partial charge in [-0.1, -0.05) is 13.8 Å². The van der Waals surface area contributed by atoms with Crippen LogP contribution < -0.4 is 5.32 Å². The van der Waals surface area contributed by atoms with E-state index in [1.807, 2.05) is 0 Å². The van der Waals surface area contributed by atoms with E-state index in [0.29, 0.717) is 0 Å². The quantitative estimate of drug-likeness (QED) is 0.864. The van der Waals surface area contributed by atoms with Crippen molar-refractivity contribution in [3.63, 3.8) is 0 Å². The molecule has 2 rings (SSSR count). The minimum Gasteiger partial charge on any atom is -0.367 e. The van der Waals surface area contributed by atoms with E-state index in [4.69, 9.17) is 0 Å². The monoisotopic (exact) mass is 258 g/mol. The first kappa shape index (κ1) is 13.2. The third-order valence-corrected chi connectivity index (χ3v) is 3.42. The van der Waals surface area contributed by atoms with Gasteiger partial charge in [-0.3, -0.25) is 0 Å². The molecule has 0 amide bonds. The summed E-state index contributed by atoms with van der Waals surface area (Å²) in [4.78, 5) is 3.83. The van der Waals surface area contributed by atoms with Gasteiger partial charge in [-0.2, -0.15) is 13.2 Å². The second-order valence-corrected chi connectivity index (χ2v) is 5.65. The number of nitrogens with one attached hydrogen (secondary N) is 1. The van der Waals surface area contributed by atoms with Gasteiger partial charge in [0.2, 0.25) is 0 Å². The van der Waals surface area contributed by atoms with E-state index in [1.54, 1.807) is 0 Å². The normalized spacial score (nSPS) is 23.1. The van der Waals surface area contributed by atoms with Crippen LogP contribution >= 0.6 is 0 Å². The van der Waals surface area contributed by atoms with Crippen molar-refractivity contribution < 1.29 is 13.2 Å². The molecule has 0 bridgehead atoms. The van der Waals surface area contributed by atoms with Gasteiger partial charge >= 0.3 is 6.18 Å². The van der Waals surface area contributed by atoms with Crippen LogP contribution in [0.3, 0.4) is 0 Å². The number of aromatic nitrogens is 1. The Morgan fingerprint density at radius 1 is 1.39 bits per heavy atom. The van der Waals surface area contributed by atoms with Crippen LogP contribution in [0.25, 0.3) is 0 Å². The van der Waals surface area contributed by atoms with Crippen LogP contribution in [0.1, 0.15) is 38.7 Å². The maximum absolute atomic E-state index is 12.8. The molecule has 100 valence electrons. The van der Waals surface area contributed by atoms with Crippen molar-refractivity contribution in [3.05, 3.63) is 23.9 Å². The zero-order valence-electron chi connectivity index (χ0n) is 10.5. The lowest BCUT2D eigenvalue weighted by atomic mass is 9.92. The Morgan fingerprint density at radius 3 is 2.67 bits per heavy atom. The zero-order chi connectivity index (χ0) is 13.4. The molecule has 1 aromatic heterocycles. The van der Waals surface area contributed by atoms with Gasteiger partial charge in [0.15, 0.2) is 0 Å². The van der Waals surface area contributed by atoms with Crippen LogP contribution in [-0.4, -0.2) is 11.0 Å². The number of anilines is 1. The topological polar surface area (TPSA) is 24.9 Å². The molecule has 1 aliphatic carbocycles. The lowest BCUT2D eigenvalue weighted by Crippen LogP contribution is -2.21. The number of halogens is 3. The Balaban J connectivity index is 2.15. The van der Waals surface area contributed by atoms with Gasteiger partial charge < -0.3 is 5.32 Å². The van der Waals surface area contributed by atoms with Gasteiger partial charge in [0.05, 0.1) is 5.56 Å². The van der Waals surface area contributed by atoms with Gasteiger partial charge in [-0.25, -0.2) is 4.98 Å². The average molecular weight is 258 g/mol. The average Bonchev–Trinajstić information content (AvgIpc) is 2.57. The first-order chi connectivity index (χ1) is 8.28. The number of pyridine rings is 1. The van der Waals surface area contributed by atoms with E-state index in [9.17, 15) is 13.2 Å². The molecule has 0 radical (unpaired) electrons. The number of nitrogens with zero attached hydrogens (tertiary/aromatic N) is 1. The summed E-state index contributed by atoms with van der Waals surface area (Å²) in [6.45, 7) is 4.27. The summed E-state index contributed by atoms with van der Waals surface area (Å²) in [5.74, 6) is -0.0484. The molecule has 1 saturated carbocycles. The lowest BCUT2D eigenvalue weighted by Gasteiger charge is -2.20. The van der Waals surface area contributed by atoms with E-state index in [0.717, 1.165) is 25.3 Å². The largest absolute Gasteiger partial charge is 0.419 e. The number of hydrogen-bond donors (Lipinski definition) is 1. The Labute approximate surface area is 105 Å². The first-order valence-electron chi connectivity index (χ1n) is 6.07. The summed E-state index contributed by atoms with van der Waals surface area (Å²) in [5.41, 5.74) is -0.486. The molecule has 2 nitrogen and oxygen atoms in total. The SMILES string of the molecule is CC1(C)CCC(Nc2ncccc2C(F)(F)F)C1. The highest BCUT2D eigenvalue weighted by molar-refractivity contribution is 5.46. The van der Waals surface area contributed by atoms with Crippen molar-refractivity contribution in [3.8, 4) is 0 Å². The number of rotatable bonds is 2. The Bertz CT molecular complexity index is 426. The molecular formula is C13H17F3N2. The van der Waals surface area contributed by atoms with Crippen LogP contribution in [0.15, 0.2) is 18.3 Å². The minimum atomic E-state index is -4.36. The third-order valence-electron chi connectivity index (χ3n) is 3.42. The van der Waals surface area contributed by atoms with Gasteiger partial charge in [-0.15, -0.1) is 0 Å². The molecule has 0 saturated heterocycles. The van der Waals surface area contributed by atoms with E-state index >= 15 is 0 Å². The predicted octanol–water partition coefficient (Wildman–Crippen LogP) is 4.09. The predicted molar refractivity (Wildman–Crippen MR) is 64.3 cm³/mol. The number of alkyl halides is 3. The van der Waals surface area contributed by atoms with Crippen LogP contribution in [0.5, 0.6) is 0 Å². The second kappa shape index (κ2) is 4.44. The Morgan fingerprint density at radius 2 is 2.11 bits per heavy atom. The smallest absolute Gasteiger partial charge is 0.367 e. The molecule has 1 heterocycles. The van der Waals surface area contributed by atoms with E-state index in [2.05, 4.69) is 24.1 Å². The highest BCUT2D eigenvalue weighted by atomic mass is 19.4. The highest BCUT2D eigenvalue weighted by Gasteiger charge is 2.36. The molecule has 0 aliphatic heterocycles. The van der Waals surface area contributed by atoms with Crippen molar-refractivity contribution in [2.45, 2.75) is 45.3 Å². The van der Waals surface area contributed by atoms with Crippen LogP contribution in [0.2, 0.25) is 0 Å². The molecular weight excluding hydrogens is 241 g/mol. The fraction of sp³-hybridized carbons (Fsp3) is 0.615. The van der Waals surface area contributed by atoms with Crippen molar-refractivity contribution in [2.75, 3.05) is 5.32 Å². The number of hydrogen-bond acceptors (Lipinski definition) is 2. The molecule has 5 heteroatoms. The van der Waals surface area contributed by atoms with Gasteiger partial charge in [0.25, 0.3) is 0 Å². The molecule has 1 aromatic rings. The molecule has 1 unspecified atom stereocenters. The van der Waals surface area contributed by atoms with Gasteiger partial charge in [0, 0.05) is 12.2 Å². The van der Waals surface area contributed by atoms with Crippen LogP contribution in [0.4, 0.5) is 19.0 Å². The Hall–Kier alpha value is -1.26. The van der Waals surface area contributed by atoms with E-state index < -0.39 is 11.7 Å². The maximum Gasteiger partial charge on any atom is 0.419 e. The summed E-state index contributed by atoms with van der Waals surface area (Å²) in [6.07, 6.45) is -0.178. The zero-order valence-corrected chi connectivity index (χ0v) is 10.5.